The minimum absolute atomic E-state index is 0.394. The van der Waals surface area contributed by atoms with Crippen LogP contribution in [0.2, 0.25) is 0 Å². The van der Waals surface area contributed by atoms with Crippen LogP contribution in [-0.4, -0.2) is 25.2 Å². The number of aryl methyl sites for hydroxylation is 1. The monoisotopic (exact) mass is 307 g/mol. The topological polar surface area (TPSA) is 48.4 Å². The number of ether oxygens (including phenoxy) is 2. The first-order valence-corrected chi connectivity index (χ1v) is 7.27. The van der Waals surface area contributed by atoms with Crippen LogP contribution in [0.4, 0.5) is 0 Å². The lowest BCUT2D eigenvalue weighted by atomic mass is 9.98. The molecule has 0 spiro atoms. The Morgan fingerprint density at radius 3 is 2.43 bits per heavy atom. The fraction of sp³-hybridized carbons (Fsp3) is 0.158. The summed E-state index contributed by atoms with van der Waals surface area (Å²) >= 11 is 0. The van der Waals surface area contributed by atoms with Crippen molar-refractivity contribution in [1.82, 2.24) is 4.98 Å². The minimum Gasteiger partial charge on any atom is -0.496 e. The SMILES string of the molecule is COC(=O)c1cc2c(-c3ccccc3)cc(C)nc2cc1OC. The normalized spacial score (nSPS) is 10.6. The van der Waals surface area contributed by atoms with E-state index < -0.39 is 5.97 Å². The number of carbonyl (C=O) groups is 1. The van der Waals surface area contributed by atoms with Gasteiger partial charge in [-0.05, 0) is 30.2 Å². The van der Waals surface area contributed by atoms with Gasteiger partial charge < -0.3 is 9.47 Å². The van der Waals surface area contributed by atoms with Crippen LogP contribution >= 0.6 is 0 Å². The van der Waals surface area contributed by atoms with E-state index in [-0.39, 0.29) is 0 Å². The third kappa shape index (κ3) is 2.75. The summed E-state index contributed by atoms with van der Waals surface area (Å²) in [5.74, 6) is 0.0322. The molecule has 0 aliphatic heterocycles. The molecule has 0 atom stereocenters. The highest BCUT2D eigenvalue weighted by atomic mass is 16.5. The molecular formula is C19H17NO3. The number of esters is 1. The Morgan fingerprint density at radius 1 is 1.04 bits per heavy atom. The molecule has 0 aliphatic rings. The van der Waals surface area contributed by atoms with Gasteiger partial charge >= 0.3 is 5.97 Å². The molecule has 4 nitrogen and oxygen atoms in total. The zero-order chi connectivity index (χ0) is 16.4. The maximum Gasteiger partial charge on any atom is 0.341 e. The van der Waals surface area contributed by atoms with E-state index in [2.05, 4.69) is 4.98 Å². The number of carbonyl (C=O) groups excluding carboxylic acids is 1. The van der Waals surface area contributed by atoms with E-state index in [1.54, 1.807) is 12.1 Å². The van der Waals surface area contributed by atoms with E-state index >= 15 is 0 Å². The van der Waals surface area contributed by atoms with Gasteiger partial charge in [-0.15, -0.1) is 0 Å². The second kappa shape index (κ2) is 6.08. The molecule has 0 aliphatic carbocycles. The number of benzene rings is 2. The summed E-state index contributed by atoms with van der Waals surface area (Å²) in [7, 11) is 2.89. The molecule has 2 aromatic carbocycles. The van der Waals surface area contributed by atoms with E-state index in [1.165, 1.54) is 14.2 Å². The number of hydrogen-bond donors (Lipinski definition) is 0. The smallest absolute Gasteiger partial charge is 0.341 e. The van der Waals surface area contributed by atoms with Gasteiger partial charge in [0.1, 0.15) is 11.3 Å². The van der Waals surface area contributed by atoms with E-state index in [9.17, 15) is 4.79 Å². The quantitative estimate of drug-likeness (QED) is 0.686. The van der Waals surface area contributed by atoms with Crippen molar-refractivity contribution in [2.24, 2.45) is 0 Å². The highest BCUT2D eigenvalue weighted by molar-refractivity contribution is 6.02. The van der Waals surface area contributed by atoms with Crippen LogP contribution in [0.1, 0.15) is 16.1 Å². The molecule has 4 heteroatoms. The number of aromatic nitrogens is 1. The summed E-state index contributed by atoms with van der Waals surface area (Å²) in [6.45, 7) is 1.95. The summed E-state index contributed by atoms with van der Waals surface area (Å²) < 4.78 is 10.2. The molecule has 0 radical (unpaired) electrons. The molecule has 3 rings (SSSR count). The molecule has 23 heavy (non-hydrogen) atoms. The number of pyridine rings is 1. The summed E-state index contributed by atoms with van der Waals surface area (Å²) in [6, 6.07) is 15.6. The van der Waals surface area contributed by atoms with Crippen molar-refractivity contribution in [2.45, 2.75) is 6.92 Å². The predicted molar refractivity (Wildman–Crippen MR) is 89.8 cm³/mol. The maximum absolute atomic E-state index is 12.0. The number of fused-ring (bicyclic) bond motifs is 1. The number of hydrogen-bond acceptors (Lipinski definition) is 4. The van der Waals surface area contributed by atoms with Crippen molar-refractivity contribution >= 4 is 16.9 Å². The summed E-state index contributed by atoms with van der Waals surface area (Å²) in [5, 5.41) is 0.892. The van der Waals surface area contributed by atoms with Crippen molar-refractivity contribution in [3.8, 4) is 16.9 Å². The number of methoxy groups -OCH3 is 2. The molecule has 0 bridgehead atoms. The van der Waals surface area contributed by atoms with Gasteiger partial charge in [-0.3, -0.25) is 4.98 Å². The Kier molecular flexibility index (Phi) is 3.98. The lowest BCUT2D eigenvalue weighted by Gasteiger charge is -2.12. The average Bonchev–Trinajstić information content (AvgIpc) is 2.59. The standard InChI is InChI=1S/C19H17NO3/c1-12-9-14(13-7-5-4-6-8-13)15-10-16(19(21)23-3)18(22-2)11-17(15)20-12/h4-11H,1-3H3. The fourth-order valence-corrected chi connectivity index (χ4v) is 2.68. The van der Waals surface area contributed by atoms with Gasteiger partial charge in [0, 0.05) is 17.1 Å². The first-order chi connectivity index (χ1) is 11.1. The van der Waals surface area contributed by atoms with E-state index in [0.29, 0.717) is 11.3 Å². The number of rotatable bonds is 3. The second-order valence-corrected chi connectivity index (χ2v) is 5.24. The molecule has 1 aromatic heterocycles. The molecular weight excluding hydrogens is 290 g/mol. The third-order valence-electron chi connectivity index (χ3n) is 3.75. The Hall–Kier alpha value is -2.88. The van der Waals surface area contributed by atoms with Crippen molar-refractivity contribution in [3.05, 3.63) is 59.8 Å². The molecule has 116 valence electrons. The third-order valence-corrected chi connectivity index (χ3v) is 3.75. The fourth-order valence-electron chi connectivity index (χ4n) is 2.68. The van der Waals surface area contributed by atoms with Gasteiger partial charge in [-0.2, -0.15) is 0 Å². The van der Waals surface area contributed by atoms with Gasteiger partial charge in [-0.25, -0.2) is 4.79 Å². The highest BCUT2D eigenvalue weighted by Crippen LogP contribution is 2.33. The van der Waals surface area contributed by atoms with E-state index in [1.807, 2.05) is 43.3 Å². The molecule has 1 heterocycles. The van der Waals surface area contributed by atoms with E-state index in [0.717, 1.165) is 27.7 Å². The first kappa shape index (κ1) is 15.0. The van der Waals surface area contributed by atoms with Crippen molar-refractivity contribution in [3.63, 3.8) is 0 Å². The molecule has 0 N–H and O–H groups in total. The van der Waals surface area contributed by atoms with Crippen LogP contribution < -0.4 is 4.74 Å². The maximum atomic E-state index is 12.0. The summed E-state index contributed by atoms with van der Waals surface area (Å²) in [6.07, 6.45) is 0. The van der Waals surface area contributed by atoms with Gasteiger partial charge in [0.25, 0.3) is 0 Å². The largest absolute Gasteiger partial charge is 0.496 e. The van der Waals surface area contributed by atoms with Crippen molar-refractivity contribution < 1.29 is 14.3 Å². The average molecular weight is 307 g/mol. The van der Waals surface area contributed by atoms with Crippen LogP contribution in [0.5, 0.6) is 5.75 Å². The molecule has 0 fully saturated rings. The Balaban J connectivity index is 2.34. The van der Waals surface area contributed by atoms with E-state index in [4.69, 9.17) is 9.47 Å². The minimum atomic E-state index is -0.427. The van der Waals surface area contributed by atoms with Crippen molar-refractivity contribution in [1.29, 1.82) is 0 Å². The highest BCUT2D eigenvalue weighted by Gasteiger charge is 2.17. The van der Waals surface area contributed by atoms with Crippen LogP contribution in [0, 0.1) is 6.92 Å². The van der Waals surface area contributed by atoms with Gasteiger partial charge in [-0.1, -0.05) is 30.3 Å². The zero-order valence-corrected chi connectivity index (χ0v) is 13.3. The zero-order valence-electron chi connectivity index (χ0n) is 13.3. The lowest BCUT2D eigenvalue weighted by molar-refractivity contribution is 0.0597. The summed E-state index contributed by atoms with van der Waals surface area (Å²) in [4.78, 5) is 16.6. The predicted octanol–water partition coefficient (Wildman–Crippen LogP) is 4.01. The van der Waals surface area contributed by atoms with Crippen LogP contribution in [-0.2, 0) is 4.74 Å². The lowest BCUT2D eigenvalue weighted by Crippen LogP contribution is -2.05. The Bertz CT molecular complexity index is 873. The molecule has 0 saturated carbocycles. The Morgan fingerprint density at radius 2 is 1.78 bits per heavy atom. The second-order valence-electron chi connectivity index (χ2n) is 5.24. The molecule has 3 aromatic rings. The van der Waals surface area contributed by atoms with Crippen LogP contribution in [0.3, 0.4) is 0 Å². The molecule has 0 unspecified atom stereocenters. The number of nitrogens with zero attached hydrogens (tertiary/aromatic N) is 1. The van der Waals surface area contributed by atoms with Crippen LogP contribution in [0.25, 0.3) is 22.0 Å². The Labute approximate surface area is 134 Å². The van der Waals surface area contributed by atoms with Crippen molar-refractivity contribution in [2.75, 3.05) is 14.2 Å². The molecule has 0 saturated heterocycles. The summed E-state index contributed by atoms with van der Waals surface area (Å²) in [5.41, 5.74) is 4.19. The van der Waals surface area contributed by atoms with Gasteiger partial charge in [0.05, 0.1) is 19.7 Å². The van der Waals surface area contributed by atoms with Gasteiger partial charge in [0.2, 0.25) is 0 Å². The van der Waals surface area contributed by atoms with Gasteiger partial charge in [0.15, 0.2) is 0 Å². The van der Waals surface area contributed by atoms with Crippen LogP contribution in [0.15, 0.2) is 48.5 Å². The first-order valence-electron chi connectivity index (χ1n) is 7.27. The molecule has 0 amide bonds.